The summed E-state index contributed by atoms with van der Waals surface area (Å²) in [5, 5.41) is 12.8. The molecule has 2 aliphatic rings. The number of nitrogens with zero attached hydrogens (tertiary/aromatic N) is 1. The van der Waals surface area contributed by atoms with E-state index in [2.05, 4.69) is 15.2 Å². The van der Waals surface area contributed by atoms with E-state index in [4.69, 9.17) is 28.3 Å². The maximum Gasteiger partial charge on any atom is 0.335 e. The van der Waals surface area contributed by atoms with Gasteiger partial charge >= 0.3 is 5.97 Å². The number of piperidine rings is 1. The fraction of sp³-hybridized carbons (Fsp3) is 0.333. The third-order valence-corrected chi connectivity index (χ3v) is 6.18. The number of aromatic carboxylic acids is 1. The standard InChI is InChI=1S/C18H17Cl2N3O3/c1-8-13(19)14(20)16(21-8)17(24)22-15-11-6-23(7-12(11)15)10-4-2-3-9(5-10)18(25)26/h2-5,11-12,15,21H,6-7H2,1H3,(H,22,24)(H,25,26)/t11-,12+,15?. The molecule has 0 spiro atoms. The van der Waals surface area contributed by atoms with E-state index in [0.717, 1.165) is 18.8 Å². The van der Waals surface area contributed by atoms with Crippen molar-refractivity contribution in [2.45, 2.75) is 13.0 Å². The molecule has 1 saturated carbocycles. The second-order valence-corrected chi connectivity index (χ2v) is 7.60. The maximum absolute atomic E-state index is 12.4. The van der Waals surface area contributed by atoms with Gasteiger partial charge in [-0.3, -0.25) is 4.79 Å². The maximum atomic E-state index is 12.4. The molecule has 26 heavy (non-hydrogen) atoms. The van der Waals surface area contributed by atoms with Gasteiger partial charge in [0.2, 0.25) is 0 Å². The first-order valence-electron chi connectivity index (χ1n) is 8.29. The van der Waals surface area contributed by atoms with Crippen LogP contribution in [-0.4, -0.2) is 41.1 Å². The van der Waals surface area contributed by atoms with Crippen LogP contribution in [0.15, 0.2) is 24.3 Å². The molecule has 1 amide bonds. The summed E-state index contributed by atoms with van der Waals surface area (Å²) in [5.41, 5.74) is 2.14. The van der Waals surface area contributed by atoms with Crippen LogP contribution in [0.1, 0.15) is 26.5 Å². The topological polar surface area (TPSA) is 85.4 Å². The minimum absolute atomic E-state index is 0.111. The average molecular weight is 394 g/mol. The van der Waals surface area contributed by atoms with E-state index in [0.29, 0.717) is 28.2 Å². The fourth-order valence-electron chi connectivity index (χ4n) is 3.74. The molecule has 1 saturated heterocycles. The number of carbonyl (C=O) groups is 2. The lowest BCUT2D eigenvalue weighted by Gasteiger charge is -2.22. The molecule has 1 aromatic carbocycles. The van der Waals surface area contributed by atoms with Crippen molar-refractivity contribution in [2.75, 3.05) is 18.0 Å². The Morgan fingerprint density at radius 2 is 1.92 bits per heavy atom. The zero-order chi connectivity index (χ0) is 18.6. The van der Waals surface area contributed by atoms with Gasteiger partial charge in [0.25, 0.3) is 5.91 Å². The molecule has 6 nitrogen and oxygen atoms in total. The second-order valence-electron chi connectivity index (χ2n) is 6.84. The minimum Gasteiger partial charge on any atom is -0.478 e. The van der Waals surface area contributed by atoms with Gasteiger partial charge in [-0.25, -0.2) is 4.79 Å². The van der Waals surface area contributed by atoms with Crippen LogP contribution in [0.3, 0.4) is 0 Å². The summed E-state index contributed by atoms with van der Waals surface area (Å²) in [6, 6.07) is 7.04. The summed E-state index contributed by atoms with van der Waals surface area (Å²) < 4.78 is 0. The van der Waals surface area contributed by atoms with E-state index >= 15 is 0 Å². The Bertz CT molecular complexity index is 899. The van der Waals surface area contributed by atoms with Crippen LogP contribution in [0.2, 0.25) is 10.0 Å². The monoisotopic (exact) mass is 393 g/mol. The molecule has 0 bridgehead atoms. The van der Waals surface area contributed by atoms with E-state index in [1.807, 2.05) is 6.07 Å². The van der Waals surface area contributed by atoms with Gasteiger partial charge in [0.1, 0.15) is 5.69 Å². The van der Waals surface area contributed by atoms with Gasteiger partial charge in [-0.2, -0.15) is 0 Å². The number of H-pyrrole nitrogens is 1. The van der Waals surface area contributed by atoms with Crippen molar-refractivity contribution in [3.63, 3.8) is 0 Å². The van der Waals surface area contributed by atoms with Crippen molar-refractivity contribution in [1.82, 2.24) is 10.3 Å². The lowest BCUT2D eigenvalue weighted by atomic mass is 10.2. The number of nitrogens with one attached hydrogen (secondary N) is 2. The Labute approximate surface area is 160 Å². The zero-order valence-corrected chi connectivity index (χ0v) is 15.4. The van der Waals surface area contributed by atoms with Gasteiger partial charge in [-0.1, -0.05) is 29.3 Å². The molecule has 136 valence electrons. The molecule has 1 aliphatic heterocycles. The first-order chi connectivity index (χ1) is 12.4. The number of aromatic amines is 1. The summed E-state index contributed by atoms with van der Waals surface area (Å²) >= 11 is 12.1. The normalized spacial score (nSPS) is 23.7. The van der Waals surface area contributed by atoms with Gasteiger partial charge < -0.3 is 20.3 Å². The third kappa shape index (κ3) is 2.83. The van der Waals surface area contributed by atoms with Crippen molar-refractivity contribution in [1.29, 1.82) is 0 Å². The van der Waals surface area contributed by atoms with Gasteiger partial charge in [0.15, 0.2) is 0 Å². The highest BCUT2D eigenvalue weighted by Crippen LogP contribution is 2.47. The zero-order valence-electron chi connectivity index (χ0n) is 13.9. The number of aromatic nitrogens is 1. The van der Waals surface area contributed by atoms with E-state index in [-0.39, 0.29) is 22.5 Å². The molecular formula is C18H17Cl2N3O3. The highest BCUT2D eigenvalue weighted by molar-refractivity contribution is 6.44. The molecule has 1 aromatic heterocycles. The molecule has 2 heterocycles. The Morgan fingerprint density at radius 1 is 1.23 bits per heavy atom. The SMILES string of the molecule is Cc1[nH]c(C(=O)NC2[C@H]3CN(c4cccc(C(=O)O)c4)C[C@@H]23)c(Cl)c1Cl. The number of carbonyl (C=O) groups excluding carboxylic acids is 1. The number of carboxylic acid groups (broad SMARTS) is 1. The number of benzene rings is 1. The fourth-order valence-corrected chi connectivity index (χ4v) is 4.16. The molecule has 3 atom stereocenters. The van der Waals surface area contributed by atoms with Crippen molar-refractivity contribution in [3.8, 4) is 0 Å². The van der Waals surface area contributed by atoms with Gasteiger partial charge in [-0.05, 0) is 25.1 Å². The largest absolute Gasteiger partial charge is 0.478 e. The van der Waals surface area contributed by atoms with Crippen LogP contribution in [-0.2, 0) is 0 Å². The molecule has 3 N–H and O–H groups in total. The number of halogens is 2. The Hall–Kier alpha value is -2.18. The number of amides is 1. The molecule has 1 unspecified atom stereocenters. The quantitative estimate of drug-likeness (QED) is 0.744. The first kappa shape index (κ1) is 17.2. The number of fused-ring (bicyclic) bond motifs is 1. The van der Waals surface area contributed by atoms with Crippen LogP contribution in [0, 0.1) is 18.8 Å². The van der Waals surface area contributed by atoms with Crippen molar-refractivity contribution in [2.24, 2.45) is 11.8 Å². The number of anilines is 1. The molecular weight excluding hydrogens is 377 g/mol. The summed E-state index contributed by atoms with van der Waals surface area (Å²) in [5.74, 6) is -0.461. The minimum atomic E-state index is -0.932. The molecule has 2 aromatic rings. The smallest absolute Gasteiger partial charge is 0.335 e. The number of hydrogen-bond donors (Lipinski definition) is 3. The van der Waals surface area contributed by atoms with Crippen molar-refractivity contribution >= 4 is 40.8 Å². The number of rotatable bonds is 4. The molecule has 0 radical (unpaired) electrons. The number of carboxylic acids is 1. The second kappa shape index (κ2) is 6.21. The summed E-state index contributed by atoms with van der Waals surface area (Å²) in [7, 11) is 0. The summed E-state index contributed by atoms with van der Waals surface area (Å²) in [4.78, 5) is 28.6. The lowest BCUT2D eigenvalue weighted by Crippen LogP contribution is -2.35. The van der Waals surface area contributed by atoms with Crippen LogP contribution >= 0.6 is 23.2 Å². The summed E-state index contributed by atoms with van der Waals surface area (Å²) in [6.07, 6.45) is 0. The first-order valence-corrected chi connectivity index (χ1v) is 9.05. The summed E-state index contributed by atoms with van der Waals surface area (Å²) in [6.45, 7) is 3.34. The Balaban J connectivity index is 1.39. The average Bonchev–Trinajstić information content (AvgIpc) is 2.95. The predicted octanol–water partition coefficient (Wildman–Crippen LogP) is 3.19. The van der Waals surface area contributed by atoms with E-state index in [1.54, 1.807) is 25.1 Å². The number of hydrogen-bond acceptors (Lipinski definition) is 3. The van der Waals surface area contributed by atoms with Crippen molar-refractivity contribution in [3.05, 3.63) is 51.3 Å². The van der Waals surface area contributed by atoms with E-state index < -0.39 is 5.97 Å². The van der Waals surface area contributed by atoms with Crippen LogP contribution < -0.4 is 10.2 Å². The van der Waals surface area contributed by atoms with Gasteiger partial charge in [-0.15, -0.1) is 0 Å². The van der Waals surface area contributed by atoms with Gasteiger partial charge in [0.05, 0.1) is 15.6 Å². The highest BCUT2D eigenvalue weighted by Gasteiger charge is 2.56. The molecule has 1 aliphatic carbocycles. The molecule has 8 heteroatoms. The molecule has 4 rings (SSSR count). The Kier molecular flexibility index (Phi) is 4.12. The van der Waals surface area contributed by atoms with E-state index in [1.165, 1.54) is 0 Å². The Morgan fingerprint density at radius 3 is 2.50 bits per heavy atom. The van der Waals surface area contributed by atoms with Crippen LogP contribution in [0.25, 0.3) is 0 Å². The van der Waals surface area contributed by atoms with Crippen molar-refractivity contribution < 1.29 is 14.7 Å². The highest BCUT2D eigenvalue weighted by atomic mass is 35.5. The lowest BCUT2D eigenvalue weighted by molar-refractivity contribution is 0.0696. The van der Waals surface area contributed by atoms with Crippen LogP contribution in [0.4, 0.5) is 5.69 Å². The van der Waals surface area contributed by atoms with Gasteiger partial charge in [0, 0.05) is 42.3 Å². The van der Waals surface area contributed by atoms with E-state index in [9.17, 15) is 9.59 Å². The predicted molar refractivity (Wildman–Crippen MR) is 99.4 cm³/mol. The molecule has 2 fully saturated rings. The number of aryl methyl sites for hydroxylation is 1. The van der Waals surface area contributed by atoms with Crippen LogP contribution in [0.5, 0.6) is 0 Å². The third-order valence-electron chi connectivity index (χ3n) is 5.23.